The molecule has 0 radical (unpaired) electrons. The summed E-state index contributed by atoms with van der Waals surface area (Å²) in [6, 6.07) is 32.3. The van der Waals surface area contributed by atoms with Gasteiger partial charge in [-0.3, -0.25) is 0 Å². The van der Waals surface area contributed by atoms with Crippen molar-refractivity contribution in [1.82, 2.24) is 0 Å². The van der Waals surface area contributed by atoms with E-state index in [0.717, 1.165) is 22.3 Å². The van der Waals surface area contributed by atoms with E-state index in [-0.39, 0.29) is 26.2 Å². The SMILES string of the molecule is [CH2-]c1ccccc1N(C)C.[CH2-]c1ccccc1N(C)C.[CH2-]c1ccccc1N(C)C.[CH2-]c1ccccc1N(C)C.[Zr+4]. The molecule has 0 saturated carbocycles. The van der Waals surface area contributed by atoms with E-state index in [2.05, 4.69) is 71.6 Å². The summed E-state index contributed by atoms with van der Waals surface area (Å²) in [4.78, 5) is 8.23. The Balaban J connectivity index is 0.000000516. The van der Waals surface area contributed by atoms with Crippen molar-refractivity contribution in [3.8, 4) is 0 Å². The van der Waals surface area contributed by atoms with Crippen LogP contribution in [0.25, 0.3) is 0 Å². The van der Waals surface area contributed by atoms with Gasteiger partial charge in [-0.15, -0.1) is 24.3 Å². The van der Waals surface area contributed by atoms with Crippen LogP contribution in [0.15, 0.2) is 97.1 Å². The zero-order chi connectivity index (χ0) is 30.2. The topological polar surface area (TPSA) is 13.0 Å². The van der Waals surface area contributed by atoms with E-state index >= 15 is 0 Å². The van der Waals surface area contributed by atoms with Crippen LogP contribution < -0.4 is 19.6 Å². The molecule has 0 aromatic heterocycles. The Hall–Kier alpha value is -3.56. The van der Waals surface area contributed by atoms with Crippen LogP contribution in [-0.4, -0.2) is 56.4 Å². The van der Waals surface area contributed by atoms with Gasteiger partial charge >= 0.3 is 26.2 Å². The third kappa shape index (κ3) is 13.6. The van der Waals surface area contributed by atoms with Crippen molar-refractivity contribution in [2.45, 2.75) is 0 Å². The Labute approximate surface area is 270 Å². The summed E-state index contributed by atoms with van der Waals surface area (Å²) in [6.45, 7) is 15.6. The molecular weight excluding hydrogens is 580 g/mol. The number of para-hydroxylation sites is 4. The van der Waals surface area contributed by atoms with E-state index < -0.39 is 0 Å². The minimum atomic E-state index is 0. The van der Waals surface area contributed by atoms with Crippen LogP contribution in [0.4, 0.5) is 22.7 Å². The fourth-order valence-electron chi connectivity index (χ4n) is 3.79. The summed E-state index contributed by atoms with van der Waals surface area (Å²) in [5.74, 6) is 0. The Bertz CT molecular complexity index is 1070. The summed E-state index contributed by atoms with van der Waals surface area (Å²) < 4.78 is 0. The third-order valence-corrected chi connectivity index (χ3v) is 5.89. The van der Waals surface area contributed by atoms with Gasteiger partial charge in [0, 0.05) is 0 Å². The van der Waals surface area contributed by atoms with Crippen LogP contribution >= 0.6 is 0 Å². The zero-order valence-corrected chi connectivity index (χ0v) is 28.8. The molecule has 4 aromatic rings. The molecule has 41 heavy (non-hydrogen) atoms. The van der Waals surface area contributed by atoms with Crippen LogP contribution in [0.1, 0.15) is 22.3 Å². The molecule has 0 heterocycles. The fraction of sp³-hybridized carbons (Fsp3) is 0.222. The first kappa shape index (κ1) is 37.4. The van der Waals surface area contributed by atoms with Crippen LogP contribution in [0.5, 0.6) is 0 Å². The van der Waals surface area contributed by atoms with Crippen LogP contribution in [0, 0.1) is 27.7 Å². The summed E-state index contributed by atoms with van der Waals surface area (Å²) in [6.07, 6.45) is 0. The molecule has 0 spiro atoms. The predicted molar refractivity (Wildman–Crippen MR) is 181 cm³/mol. The number of hydrogen-bond donors (Lipinski definition) is 0. The average Bonchev–Trinajstić information content (AvgIpc) is 2.90. The largest absolute Gasteiger partial charge is 4.00 e. The molecule has 0 aliphatic heterocycles. The minimum Gasteiger partial charge on any atom is -0.428 e. The molecular formula is C36H48N4Zr. The van der Waals surface area contributed by atoms with Gasteiger partial charge in [-0.25, -0.2) is 0 Å². The molecule has 0 N–H and O–H groups in total. The van der Waals surface area contributed by atoms with Gasteiger partial charge in [0.05, 0.1) is 0 Å². The van der Waals surface area contributed by atoms with Gasteiger partial charge in [0.1, 0.15) is 0 Å². The first-order valence-corrected chi connectivity index (χ1v) is 13.2. The first-order valence-electron chi connectivity index (χ1n) is 13.2. The molecule has 0 aliphatic rings. The summed E-state index contributed by atoms with van der Waals surface area (Å²) in [5, 5.41) is 0. The van der Waals surface area contributed by atoms with Crippen LogP contribution in [-0.2, 0) is 26.2 Å². The molecule has 216 valence electrons. The fourth-order valence-corrected chi connectivity index (χ4v) is 3.79. The van der Waals surface area contributed by atoms with Crippen molar-refractivity contribution in [2.75, 3.05) is 76.0 Å². The number of benzene rings is 4. The van der Waals surface area contributed by atoms with Gasteiger partial charge in [-0.05, 0) is 56.4 Å². The first-order chi connectivity index (χ1) is 18.9. The van der Waals surface area contributed by atoms with Gasteiger partial charge in [0.2, 0.25) is 0 Å². The van der Waals surface area contributed by atoms with Crippen molar-refractivity contribution in [3.05, 3.63) is 147 Å². The van der Waals surface area contributed by atoms with Gasteiger partial charge < -0.3 is 19.6 Å². The maximum absolute atomic E-state index is 3.90. The maximum atomic E-state index is 3.90. The molecule has 4 aromatic carbocycles. The zero-order valence-electron chi connectivity index (χ0n) is 26.4. The molecule has 0 aliphatic carbocycles. The molecule has 0 saturated heterocycles. The summed E-state index contributed by atoms with van der Waals surface area (Å²) in [7, 11) is 16.1. The molecule has 0 fully saturated rings. The van der Waals surface area contributed by atoms with Gasteiger partial charge in [-0.1, -0.05) is 71.3 Å². The predicted octanol–water partition coefficient (Wildman–Crippen LogP) is 7.74. The summed E-state index contributed by atoms with van der Waals surface area (Å²) in [5.41, 5.74) is 9.04. The molecule has 4 nitrogen and oxygen atoms in total. The average molecular weight is 628 g/mol. The molecule has 0 atom stereocenters. The monoisotopic (exact) mass is 626 g/mol. The van der Waals surface area contributed by atoms with E-state index in [4.69, 9.17) is 0 Å². The normalized spacial score (nSPS) is 9.17. The molecule has 4 rings (SSSR count). The number of hydrogen-bond acceptors (Lipinski definition) is 4. The van der Waals surface area contributed by atoms with E-state index in [1.54, 1.807) is 0 Å². The third-order valence-electron chi connectivity index (χ3n) is 5.89. The number of nitrogens with zero attached hydrogens (tertiary/aromatic N) is 4. The Kier molecular flexibility index (Phi) is 17.8. The smallest absolute Gasteiger partial charge is 0.428 e. The van der Waals surface area contributed by atoms with Gasteiger partial charge in [-0.2, -0.15) is 74.2 Å². The van der Waals surface area contributed by atoms with E-state index in [0.29, 0.717) is 0 Å². The Morgan fingerprint density at radius 2 is 0.463 bits per heavy atom. The van der Waals surface area contributed by atoms with Crippen LogP contribution in [0.2, 0.25) is 0 Å². The number of anilines is 4. The summed E-state index contributed by atoms with van der Waals surface area (Å²) >= 11 is 0. The van der Waals surface area contributed by atoms with E-state index in [9.17, 15) is 0 Å². The second-order valence-electron chi connectivity index (χ2n) is 10.1. The Morgan fingerprint density at radius 1 is 0.317 bits per heavy atom. The second kappa shape index (κ2) is 19.5. The van der Waals surface area contributed by atoms with Crippen molar-refractivity contribution >= 4 is 22.7 Å². The van der Waals surface area contributed by atoms with E-state index in [1.807, 2.05) is 129 Å². The van der Waals surface area contributed by atoms with E-state index in [1.165, 1.54) is 22.7 Å². The van der Waals surface area contributed by atoms with Crippen molar-refractivity contribution < 1.29 is 26.2 Å². The second-order valence-corrected chi connectivity index (χ2v) is 10.1. The number of rotatable bonds is 4. The Morgan fingerprint density at radius 3 is 0.561 bits per heavy atom. The van der Waals surface area contributed by atoms with Gasteiger partial charge in [0.15, 0.2) is 0 Å². The molecule has 0 unspecified atom stereocenters. The molecule has 0 amide bonds. The van der Waals surface area contributed by atoms with Crippen molar-refractivity contribution in [2.24, 2.45) is 0 Å². The molecule has 5 heteroatoms. The van der Waals surface area contributed by atoms with Gasteiger partial charge in [0.25, 0.3) is 0 Å². The van der Waals surface area contributed by atoms with Crippen molar-refractivity contribution in [3.63, 3.8) is 0 Å². The molecule has 0 bridgehead atoms. The van der Waals surface area contributed by atoms with Crippen LogP contribution in [0.3, 0.4) is 0 Å². The quantitative estimate of drug-likeness (QED) is 0.215. The maximum Gasteiger partial charge on any atom is 4.00 e. The minimum absolute atomic E-state index is 0. The standard InChI is InChI=1S/4C9H12N.Zr/c4*1-8-6-4-5-7-9(8)10(2)3;/h4*4-7H,1H2,2-3H3;/q4*-1;+4. The van der Waals surface area contributed by atoms with Crippen molar-refractivity contribution in [1.29, 1.82) is 0 Å².